The summed E-state index contributed by atoms with van der Waals surface area (Å²) in [6, 6.07) is 7.99. The summed E-state index contributed by atoms with van der Waals surface area (Å²) in [5.41, 5.74) is 9.75. The van der Waals surface area contributed by atoms with Crippen molar-refractivity contribution in [2.75, 3.05) is 26.4 Å². The Morgan fingerprint density at radius 3 is 1.94 bits per heavy atom. The third-order valence-corrected chi connectivity index (χ3v) is 8.80. The molecule has 3 aromatic heterocycles. The van der Waals surface area contributed by atoms with Crippen LogP contribution < -0.4 is 11.5 Å². The molecule has 0 aromatic carbocycles. The third kappa shape index (κ3) is 7.94. The molecule has 3 heterocycles. The highest BCUT2D eigenvalue weighted by Crippen LogP contribution is 2.43. The molecule has 190 valence electrons. The van der Waals surface area contributed by atoms with Crippen LogP contribution >= 0.6 is 34.0 Å². The summed E-state index contributed by atoms with van der Waals surface area (Å²) in [4.78, 5) is 28.7. The van der Waals surface area contributed by atoms with Gasteiger partial charge in [-0.15, -0.1) is 34.0 Å². The van der Waals surface area contributed by atoms with E-state index in [4.69, 9.17) is 19.3 Å². The number of carboxylic acid groups (broad SMARTS) is 1. The highest BCUT2D eigenvalue weighted by Gasteiger charge is 2.18. The fourth-order valence-corrected chi connectivity index (χ4v) is 6.92. The molecule has 35 heavy (non-hydrogen) atoms. The molecule has 0 aliphatic rings. The number of rotatable bonds is 15. The second-order valence-corrected chi connectivity index (χ2v) is 11.7. The number of hydrogen-bond donors (Lipinski definition) is 3. The van der Waals surface area contributed by atoms with Gasteiger partial charge in [-0.3, -0.25) is 4.79 Å². The van der Waals surface area contributed by atoms with Crippen molar-refractivity contribution in [1.29, 1.82) is 0 Å². The SMILES string of the molecule is Cc1cc(CCOC[C@H]([NH3+])OC=O)c(-c2ccc(-c3sc(C)cc3CCOC[C@H]([NH3+])C(=O)O)s2)s1. The molecule has 0 unspecified atom stereocenters. The number of carboxylic acids is 1. The minimum atomic E-state index is -0.948. The zero-order chi connectivity index (χ0) is 25.4. The molecule has 0 bridgehead atoms. The van der Waals surface area contributed by atoms with E-state index >= 15 is 0 Å². The van der Waals surface area contributed by atoms with Gasteiger partial charge >= 0.3 is 5.97 Å². The number of aryl methyl sites for hydroxylation is 2. The Morgan fingerprint density at radius 2 is 1.46 bits per heavy atom. The zero-order valence-corrected chi connectivity index (χ0v) is 22.4. The van der Waals surface area contributed by atoms with Crippen LogP contribution in [0.25, 0.3) is 19.5 Å². The largest absolute Gasteiger partial charge is 0.477 e. The number of hydrogen-bond acceptors (Lipinski definition) is 8. The summed E-state index contributed by atoms with van der Waals surface area (Å²) in [5.74, 6) is -0.948. The van der Waals surface area contributed by atoms with Crippen molar-refractivity contribution in [2.24, 2.45) is 0 Å². The molecule has 0 saturated carbocycles. The maximum atomic E-state index is 10.9. The molecule has 0 amide bonds. The van der Waals surface area contributed by atoms with E-state index in [1.807, 2.05) is 0 Å². The van der Waals surface area contributed by atoms with Gasteiger partial charge in [0.25, 0.3) is 12.7 Å². The van der Waals surface area contributed by atoms with Crippen molar-refractivity contribution in [2.45, 2.75) is 39.0 Å². The van der Waals surface area contributed by atoms with Crippen molar-refractivity contribution >= 4 is 46.5 Å². The predicted octanol–water partition coefficient (Wildman–Crippen LogP) is 2.38. The number of quaternary nitrogens is 2. The molecule has 3 aromatic rings. The van der Waals surface area contributed by atoms with Crippen molar-refractivity contribution in [3.8, 4) is 19.5 Å². The Labute approximate surface area is 216 Å². The molecule has 8 nitrogen and oxygen atoms in total. The normalized spacial score (nSPS) is 13.0. The first-order valence-corrected chi connectivity index (χ1v) is 13.7. The number of thiophene rings is 3. The van der Waals surface area contributed by atoms with Gasteiger partial charge in [0.2, 0.25) is 6.04 Å². The van der Waals surface area contributed by atoms with E-state index in [0.29, 0.717) is 19.7 Å². The lowest BCUT2D eigenvalue weighted by molar-refractivity contribution is -0.485. The number of carbonyl (C=O) groups excluding carboxylic acids is 1. The zero-order valence-electron chi connectivity index (χ0n) is 19.9. The smallest absolute Gasteiger partial charge is 0.364 e. The Kier molecular flexibility index (Phi) is 10.4. The van der Waals surface area contributed by atoms with Gasteiger partial charge in [-0.1, -0.05) is 0 Å². The van der Waals surface area contributed by atoms with Crippen LogP contribution in [-0.2, 0) is 36.6 Å². The molecule has 0 saturated heterocycles. The molecule has 0 radical (unpaired) electrons. The lowest BCUT2D eigenvalue weighted by Crippen LogP contribution is -2.67. The van der Waals surface area contributed by atoms with E-state index in [2.05, 4.69) is 49.6 Å². The maximum absolute atomic E-state index is 10.9. The summed E-state index contributed by atoms with van der Waals surface area (Å²) < 4.78 is 15.9. The average Bonchev–Trinajstić information content (AvgIpc) is 3.52. The predicted molar refractivity (Wildman–Crippen MR) is 138 cm³/mol. The van der Waals surface area contributed by atoms with Gasteiger partial charge in [0.15, 0.2) is 0 Å². The topological polar surface area (TPSA) is 137 Å². The summed E-state index contributed by atoms with van der Waals surface area (Å²) in [6.07, 6.45) is 0.994. The first kappa shape index (κ1) is 27.5. The summed E-state index contributed by atoms with van der Waals surface area (Å²) in [6.45, 7) is 5.97. The van der Waals surface area contributed by atoms with E-state index in [9.17, 15) is 9.59 Å². The molecular formula is C24H32N2O6S3+2. The fourth-order valence-electron chi connectivity index (χ4n) is 3.50. The quantitative estimate of drug-likeness (QED) is 0.154. The van der Waals surface area contributed by atoms with E-state index in [1.54, 1.807) is 34.0 Å². The number of ether oxygens (including phenoxy) is 3. The van der Waals surface area contributed by atoms with Crippen molar-refractivity contribution in [3.05, 3.63) is 45.1 Å². The maximum Gasteiger partial charge on any atom is 0.364 e. The molecule has 11 heteroatoms. The second kappa shape index (κ2) is 13.3. The van der Waals surface area contributed by atoms with E-state index < -0.39 is 18.2 Å². The van der Waals surface area contributed by atoms with E-state index in [-0.39, 0.29) is 13.2 Å². The highest BCUT2D eigenvalue weighted by atomic mass is 32.1. The van der Waals surface area contributed by atoms with Crippen LogP contribution in [0.5, 0.6) is 0 Å². The van der Waals surface area contributed by atoms with Crippen LogP contribution in [0.3, 0.4) is 0 Å². The van der Waals surface area contributed by atoms with Crippen LogP contribution in [0.1, 0.15) is 20.9 Å². The molecule has 0 fully saturated rings. The lowest BCUT2D eigenvalue weighted by Gasteiger charge is -2.07. The third-order valence-electron chi connectivity index (χ3n) is 5.17. The molecular weight excluding hydrogens is 508 g/mol. The number of carbonyl (C=O) groups is 2. The Morgan fingerprint density at radius 1 is 0.943 bits per heavy atom. The minimum absolute atomic E-state index is 0.112. The Balaban J connectivity index is 1.66. The fraction of sp³-hybridized carbons (Fsp3) is 0.417. The molecule has 0 aliphatic heterocycles. The van der Waals surface area contributed by atoms with Crippen molar-refractivity contribution in [1.82, 2.24) is 0 Å². The standard InChI is InChI=1S/C24H30N2O6S3/c1-14-9-16(5-7-30-11-18(25)24(28)29)22(33-14)19-3-4-20(35-19)23-17(10-15(2)34-23)6-8-31-12-21(26)32-13-27/h3-4,9-10,13,18,21H,5-8,11-12,25-26H2,1-2H3,(H,28,29)/p+2/t18-,21+/m0/s1. The Bertz CT molecular complexity index is 1120. The van der Waals surface area contributed by atoms with Crippen molar-refractivity contribution in [3.63, 3.8) is 0 Å². The highest BCUT2D eigenvalue weighted by molar-refractivity contribution is 7.26. The van der Waals surface area contributed by atoms with Gasteiger partial charge in [-0.05, 0) is 62.1 Å². The van der Waals surface area contributed by atoms with E-state index in [1.165, 1.54) is 40.4 Å². The van der Waals surface area contributed by atoms with E-state index in [0.717, 1.165) is 12.8 Å². The van der Waals surface area contributed by atoms with Crippen LogP contribution in [0.2, 0.25) is 0 Å². The van der Waals surface area contributed by atoms with Crippen LogP contribution in [0.15, 0.2) is 24.3 Å². The first-order valence-electron chi connectivity index (χ1n) is 11.2. The van der Waals surface area contributed by atoms with Crippen LogP contribution in [-0.4, -0.2) is 56.2 Å². The molecule has 3 rings (SSSR count). The molecule has 0 aliphatic carbocycles. The van der Waals surface area contributed by atoms with Crippen LogP contribution in [0, 0.1) is 13.8 Å². The number of aliphatic carboxylic acids is 1. The molecule has 7 N–H and O–H groups in total. The van der Waals surface area contributed by atoms with Gasteiger partial charge in [-0.25, -0.2) is 4.79 Å². The summed E-state index contributed by atoms with van der Waals surface area (Å²) >= 11 is 5.32. The summed E-state index contributed by atoms with van der Waals surface area (Å²) in [7, 11) is 0. The summed E-state index contributed by atoms with van der Waals surface area (Å²) in [5, 5.41) is 8.95. The molecule has 2 atom stereocenters. The second-order valence-electron chi connectivity index (χ2n) is 8.13. The van der Waals surface area contributed by atoms with Crippen molar-refractivity contribution < 1.29 is 40.4 Å². The average molecular weight is 541 g/mol. The van der Waals surface area contributed by atoms with Gasteiger partial charge in [-0.2, -0.15) is 0 Å². The lowest BCUT2D eigenvalue weighted by atomic mass is 10.1. The van der Waals surface area contributed by atoms with Crippen LogP contribution in [0.4, 0.5) is 0 Å². The molecule has 0 spiro atoms. The van der Waals surface area contributed by atoms with Gasteiger partial charge in [0.05, 0.1) is 13.2 Å². The first-order chi connectivity index (χ1) is 16.8. The monoisotopic (exact) mass is 540 g/mol. The van der Waals surface area contributed by atoms with Gasteiger partial charge in [0, 0.05) is 29.3 Å². The minimum Gasteiger partial charge on any atom is -0.477 e. The van der Waals surface area contributed by atoms with Gasteiger partial charge < -0.3 is 30.8 Å². The Hall–Kier alpha value is -2.12. The van der Waals surface area contributed by atoms with Gasteiger partial charge in [0.1, 0.15) is 13.2 Å².